The third-order valence-electron chi connectivity index (χ3n) is 6.14. The summed E-state index contributed by atoms with van der Waals surface area (Å²) < 4.78 is 0. The number of rotatable bonds is 4. The second-order valence-corrected chi connectivity index (χ2v) is 9.13. The Morgan fingerprint density at radius 2 is 2.06 bits per heavy atom. The first kappa shape index (κ1) is 20.1. The highest BCUT2D eigenvalue weighted by molar-refractivity contribution is 7.12. The molecular formula is C23H25N5O2S. The van der Waals surface area contributed by atoms with Crippen molar-refractivity contribution in [2.24, 2.45) is 0 Å². The van der Waals surface area contributed by atoms with E-state index in [1.807, 2.05) is 34.5 Å². The molecule has 5 heterocycles. The lowest BCUT2D eigenvalue weighted by molar-refractivity contribution is 0.0603. The van der Waals surface area contributed by atoms with Gasteiger partial charge in [0.15, 0.2) is 0 Å². The molecule has 2 aliphatic rings. The molecule has 8 heteroatoms. The predicted octanol–water partition coefficient (Wildman–Crippen LogP) is 3.15. The zero-order valence-electron chi connectivity index (χ0n) is 17.3. The molecule has 0 aliphatic carbocycles. The zero-order valence-corrected chi connectivity index (χ0v) is 18.1. The fourth-order valence-corrected chi connectivity index (χ4v) is 5.23. The summed E-state index contributed by atoms with van der Waals surface area (Å²) in [6, 6.07) is 7.60. The molecule has 1 saturated heterocycles. The van der Waals surface area contributed by atoms with Crippen LogP contribution in [0.15, 0.2) is 46.8 Å². The van der Waals surface area contributed by atoms with E-state index in [9.17, 15) is 9.59 Å². The van der Waals surface area contributed by atoms with Gasteiger partial charge in [0.25, 0.3) is 11.5 Å². The highest BCUT2D eigenvalue weighted by Gasteiger charge is 2.32. The van der Waals surface area contributed by atoms with Gasteiger partial charge in [0, 0.05) is 44.1 Å². The predicted molar refractivity (Wildman–Crippen MR) is 119 cm³/mol. The van der Waals surface area contributed by atoms with E-state index in [2.05, 4.69) is 14.9 Å². The van der Waals surface area contributed by atoms with Crippen molar-refractivity contribution in [2.45, 2.75) is 44.8 Å². The van der Waals surface area contributed by atoms with Crippen LogP contribution in [0.3, 0.4) is 0 Å². The Labute approximate surface area is 184 Å². The number of likely N-dealkylation sites (tertiary alicyclic amines) is 1. The Morgan fingerprint density at radius 3 is 2.87 bits per heavy atom. The van der Waals surface area contributed by atoms with E-state index in [0.717, 1.165) is 48.5 Å². The molecule has 0 bridgehead atoms. The Morgan fingerprint density at radius 1 is 1.19 bits per heavy atom. The second-order valence-electron chi connectivity index (χ2n) is 8.18. The van der Waals surface area contributed by atoms with Crippen LogP contribution in [0.2, 0.25) is 0 Å². The van der Waals surface area contributed by atoms with Crippen LogP contribution >= 0.6 is 11.3 Å². The largest absolute Gasteiger partial charge is 0.328 e. The Kier molecular flexibility index (Phi) is 5.65. The number of hydrogen-bond acceptors (Lipinski definition) is 6. The van der Waals surface area contributed by atoms with Gasteiger partial charge in [-0.25, -0.2) is 4.98 Å². The van der Waals surface area contributed by atoms with Gasteiger partial charge in [-0.05, 0) is 54.8 Å². The number of amides is 1. The van der Waals surface area contributed by atoms with Gasteiger partial charge in [-0.1, -0.05) is 6.07 Å². The van der Waals surface area contributed by atoms with Crippen LogP contribution in [-0.2, 0) is 19.5 Å². The van der Waals surface area contributed by atoms with Crippen LogP contribution in [0.25, 0.3) is 0 Å². The summed E-state index contributed by atoms with van der Waals surface area (Å²) in [6.45, 7) is 2.96. The molecule has 7 nitrogen and oxygen atoms in total. The molecule has 1 N–H and O–H groups in total. The van der Waals surface area contributed by atoms with Crippen LogP contribution in [0.1, 0.15) is 57.6 Å². The van der Waals surface area contributed by atoms with E-state index in [-0.39, 0.29) is 17.5 Å². The number of piperidine rings is 1. The summed E-state index contributed by atoms with van der Waals surface area (Å²) in [5.41, 5.74) is 2.76. The number of aromatic amines is 1. The number of thiophene rings is 1. The molecule has 5 rings (SSSR count). The minimum Gasteiger partial charge on any atom is -0.328 e. The zero-order chi connectivity index (χ0) is 21.2. The normalized spacial score (nSPS) is 19.2. The van der Waals surface area contributed by atoms with E-state index >= 15 is 0 Å². The average molecular weight is 436 g/mol. The van der Waals surface area contributed by atoms with Crippen LogP contribution in [-0.4, -0.2) is 43.7 Å². The van der Waals surface area contributed by atoms with Crippen molar-refractivity contribution in [3.8, 4) is 0 Å². The fourth-order valence-electron chi connectivity index (χ4n) is 4.55. The van der Waals surface area contributed by atoms with Crippen molar-refractivity contribution in [1.82, 2.24) is 24.8 Å². The average Bonchev–Trinajstić information content (AvgIpc) is 3.34. The Balaban J connectivity index is 1.41. The van der Waals surface area contributed by atoms with Gasteiger partial charge < -0.3 is 9.88 Å². The first-order valence-electron chi connectivity index (χ1n) is 10.8. The summed E-state index contributed by atoms with van der Waals surface area (Å²) in [5.74, 6) is 0.651. The summed E-state index contributed by atoms with van der Waals surface area (Å²) in [7, 11) is 0. The van der Waals surface area contributed by atoms with Crippen LogP contribution in [0.4, 0.5) is 0 Å². The molecule has 31 heavy (non-hydrogen) atoms. The number of fused-ring (bicyclic) bond motifs is 1. The Hall–Kier alpha value is -2.84. The molecule has 0 aromatic carbocycles. The van der Waals surface area contributed by atoms with Crippen molar-refractivity contribution < 1.29 is 4.79 Å². The van der Waals surface area contributed by atoms with E-state index in [0.29, 0.717) is 25.3 Å². The third kappa shape index (κ3) is 4.18. The monoisotopic (exact) mass is 435 g/mol. The minimum atomic E-state index is -0.183. The molecule has 0 radical (unpaired) electrons. The third-order valence-corrected chi connectivity index (χ3v) is 7.00. The smallest absolute Gasteiger partial charge is 0.264 e. The van der Waals surface area contributed by atoms with Crippen molar-refractivity contribution in [2.75, 3.05) is 13.1 Å². The maximum Gasteiger partial charge on any atom is 0.264 e. The topological polar surface area (TPSA) is 82.2 Å². The van der Waals surface area contributed by atoms with Crippen molar-refractivity contribution >= 4 is 17.2 Å². The number of carbonyl (C=O) groups excluding carboxylic acids is 1. The van der Waals surface area contributed by atoms with Gasteiger partial charge in [-0.3, -0.25) is 19.5 Å². The summed E-state index contributed by atoms with van der Waals surface area (Å²) in [6.07, 6.45) is 7.11. The van der Waals surface area contributed by atoms with Crippen molar-refractivity contribution in [3.63, 3.8) is 0 Å². The molecule has 0 spiro atoms. The summed E-state index contributed by atoms with van der Waals surface area (Å²) in [5, 5.41) is 1.92. The number of nitrogens with one attached hydrogen (secondary N) is 1. The SMILES string of the molecule is O=C(c1cccs1)N1CCCC[C@H]1c1nc2c(c(=O)[nH]1)CCN(Cc1ccncc1)C2. The van der Waals surface area contributed by atoms with Gasteiger partial charge in [0.05, 0.1) is 16.6 Å². The quantitative estimate of drug-likeness (QED) is 0.681. The van der Waals surface area contributed by atoms with Crippen LogP contribution in [0, 0.1) is 0 Å². The van der Waals surface area contributed by atoms with Gasteiger partial charge in [0.1, 0.15) is 5.82 Å². The van der Waals surface area contributed by atoms with Crippen LogP contribution < -0.4 is 5.56 Å². The van der Waals surface area contributed by atoms with E-state index in [1.54, 1.807) is 12.4 Å². The Bertz CT molecular complexity index is 1110. The number of aromatic nitrogens is 3. The number of nitrogens with zero attached hydrogens (tertiary/aromatic N) is 4. The first-order valence-corrected chi connectivity index (χ1v) is 11.6. The highest BCUT2D eigenvalue weighted by atomic mass is 32.1. The van der Waals surface area contributed by atoms with Crippen molar-refractivity contribution in [3.05, 3.63) is 79.9 Å². The van der Waals surface area contributed by atoms with Gasteiger partial charge in [0.2, 0.25) is 0 Å². The number of hydrogen-bond donors (Lipinski definition) is 1. The molecule has 0 unspecified atom stereocenters. The van der Waals surface area contributed by atoms with Gasteiger partial charge in [-0.2, -0.15) is 0 Å². The summed E-state index contributed by atoms with van der Waals surface area (Å²) >= 11 is 1.45. The second kappa shape index (κ2) is 8.72. The molecule has 3 aromatic rings. The van der Waals surface area contributed by atoms with Crippen LogP contribution in [0.5, 0.6) is 0 Å². The molecule has 1 fully saturated rings. The molecule has 0 saturated carbocycles. The summed E-state index contributed by atoms with van der Waals surface area (Å²) in [4.78, 5) is 42.9. The number of carbonyl (C=O) groups is 1. The number of H-pyrrole nitrogens is 1. The molecule has 1 amide bonds. The van der Waals surface area contributed by atoms with E-state index in [1.165, 1.54) is 16.9 Å². The van der Waals surface area contributed by atoms with E-state index < -0.39 is 0 Å². The lowest BCUT2D eigenvalue weighted by Gasteiger charge is -2.35. The molecular weight excluding hydrogens is 410 g/mol. The minimum absolute atomic E-state index is 0.0272. The highest BCUT2D eigenvalue weighted by Crippen LogP contribution is 2.31. The molecule has 3 aromatic heterocycles. The van der Waals surface area contributed by atoms with Crippen molar-refractivity contribution in [1.29, 1.82) is 0 Å². The fraction of sp³-hybridized carbons (Fsp3) is 0.391. The van der Waals surface area contributed by atoms with Gasteiger partial charge >= 0.3 is 0 Å². The standard InChI is InChI=1S/C23H25N5O2S/c29-22-17-8-12-27(14-16-6-9-24-10-7-16)15-18(17)25-21(26-22)19-4-1-2-11-28(19)23(30)20-5-3-13-31-20/h3,5-7,9-10,13,19H,1-2,4,8,11-12,14-15H2,(H,25,26,29)/t19-/m0/s1. The van der Waals surface area contributed by atoms with E-state index in [4.69, 9.17) is 4.98 Å². The lowest BCUT2D eigenvalue weighted by atomic mass is 10.00. The molecule has 160 valence electrons. The number of pyridine rings is 1. The molecule has 2 aliphatic heterocycles. The maximum atomic E-state index is 13.1. The first-order chi connectivity index (χ1) is 15.2. The maximum absolute atomic E-state index is 13.1. The van der Waals surface area contributed by atoms with Gasteiger partial charge in [-0.15, -0.1) is 11.3 Å². The lowest BCUT2D eigenvalue weighted by Crippen LogP contribution is -2.41. The molecule has 1 atom stereocenters.